The highest BCUT2D eigenvalue weighted by molar-refractivity contribution is 5.75. The molecule has 0 saturated carbocycles. The molecule has 9 nitrogen and oxygen atoms in total. The Morgan fingerprint density at radius 1 is 0.806 bits per heavy atom. The van der Waals surface area contributed by atoms with Gasteiger partial charge in [0.05, 0.1) is 0 Å². The molecule has 0 aliphatic carbocycles. The highest BCUT2D eigenvalue weighted by Gasteiger charge is 2.10. The molecule has 0 aromatic heterocycles. The van der Waals surface area contributed by atoms with E-state index in [2.05, 4.69) is 51.9 Å². The minimum atomic E-state index is -0.895. The molecule has 1 atom stereocenters. The van der Waals surface area contributed by atoms with Crippen LogP contribution in [-0.4, -0.2) is 42.2 Å². The first-order chi connectivity index (χ1) is 14.3. The highest BCUT2D eigenvalue weighted by Crippen LogP contribution is 2.07. The second-order valence-corrected chi connectivity index (χ2v) is 8.94. The highest BCUT2D eigenvalue weighted by atomic mass is 16.4. The van der Waals surface area contributed by atoms with Crippen LogP contribution in [0, 0.1) is 17.8 Å². The normalized spacial score (nSPS) is 11.2. The van der Waals surface area contributed by atoms with Gasteiger partial charge in [0, 0.05) is 13.1 Å². The molecular formula is C22H50N6O3. The standard InChI is InChI=1S/C8H17NO2.C7H17N3.C7H16N2O/c1-6(2)4-3-5-7(9)8(10)11;1-6(2)4-3-5-10-7(8)9;1-6(2)4-3-5-9-7(8)10/h6-7H,3-5,9H2,1-2H3,(H,10,11);6H,3-5H2,1-2H3,(H4,8,9,10);6H,3-5H2,1-2H3,(H3,8,9,10). The van der Waals surface area contributed by atoms with Gasteiger partial charge in [-0.3, -0.25) is 9.79 Å². The lowest BCUT2D eigenvalue weighted by molar-refractivity contribution is -0.138. The number of carboxylic acid groups (broad SMARTS) is 1. The summed E-state index contributed by atoms with van der Waals surface area (Å²) in [6.07, 6.45) is 6.98. The summed E-state index contributed by atoms with van der Waals surface area (Å²) in [6.45, 7) is 14.4. The van der Waals surface area contributed by atoms with E-state index < -0.39 is 18.0 Å². The van der Waals surface area contributed by atoms with Crippen LogP contribution in [0.5, 0.6) is 0 Å². The maximum atomic E-state index is 10.2. The van der Waals surface area contributed by atoms with Crippen molar-refractivity contribution in [2.75, 3.05) is 13.1 Å². The van der Waals surface area contributed by atoms with Gasteiger partial charge in [-0.2, -0.15) is 0 Å². The summed E-state index contributed by atoms with van der Waals surface area (Å²) < 4.78 is 0. The fourth-order valence-corrected chi connectivity index (χ4v) is 2.30. The molecule has 2 amide bonds. The predicted octanol–water partition coefficient (Wildman–Crippen LogP) is 3.01. The smallest absolute Gasteiger partial charge is 0.320 e. The number of urea groups is 1. The third kappa shape index (κ3) is 39.1. The molecule has 0 aliphatic heterocycles. The van der Waals surface area contributed by atoms with Gasteiger partial charge >= 0.3 is 12.0 Å². The van der Waals surface area contributed by atoms with Gasteiger partial charge in [0.25, 0.3) is 0 Å². The van der Waals surface area contributed by atoms with Crippen LogP contribution in [0.15, 0.2) is 4.99 Å². The zero-order valence-electron chi connectivity index (χ0n) is 20.7. The predicted molar refractivity (Wildman–Crippen MR) is 131 cm³/mol. The average molecular weight is 447 g/mol. The summed E-state index contributed by atoms with van der Waals surface area (Å²) in [6, 6.07) is -1.10. The Morgan fingerprint density at radius 3 is 1.65 bits per heavy atom. The largest absolute Gasteiger partial charge is 0.480 e. The Labute approximate surface area is 189 Å². The lowest BCUT2D eigenvalue weighted by Gasteiger charge is -2.06. The van der Waals surface area contributed by atoms with Crippen molar-refractivity contribution >= 4 is 18.0 Å². The van der Waals surface area contributed by atoms with Crippen LogP contribution in [0.1, 0.15) is 86.5 Å². The first-order valence-corrected chi connectivity index (χ1v) is 11.4. The molecule has 186 valence electrons. The Kier molecular flexibility index (Phi) is 24.6. The number of amides is 2. The quantitative estimate of drug-likeness (QED) is 0.143. The van der Waals surface area contributed by atoms with Gasteiger partial charge in [0.15, 0.2) is 5.96 Å². The molecule has 0 heterocycles. The molecule has 10 N–H and O–H groups in total. The minimum Gasteiger partial charge on any atom is -0.480 e. The molecule has 0 rings (SSSR count). The molecule has 0 fully saturated rings. The van der Waals surface area contributed by atoms with Crippen molar-refractivity contribution in [2.24, 2.45) is 45.7 Å². The number of carbonyl (C=O) groups is 2. The lowest BCUT2D eigenvalue weighted by atomic mass is 10.0. The molecule has 0 saturated heterocycles. The summed E-state index contributed by atoms with van der Waals surface area (Å²) in [7, 11) is 0. The van der Waals surface area contributed by atoms with Crippen LogP contribution in [0.3, 0.4) is 0 Å². The summed E-state index contributed by atoms with van der Waals surface area (Å²) in [5.74, 6) is 1.39. The zero-order valence-corrected chi connectivity index (χ0v) is 20.7. The van der Waals surface area contributed by atoms with E-state index >= 15 is 0 Å². The van der Waals surface area contributed by atoms with Gasteiger partial charge in [0.2, 0.25) is 0 Å². The number of primary amides is 1. The van der Waals surface area contributed by atoms with Gasteiger partial charge in [0.1, 0.15) is 6.04 Å². The topological polar surface area (TPSA) is 183 Å². The van der Waals surface area contributed by atoms with Crippen LogP contribution in [0.25, 0.3) is 0 Å². The van der Waals surface area contributed by atoms with Crippen LogP contribution >= 0.6 is 0 Å². The maximum absolute atomic E-state index is 10.2. The van der Waals surface area contributed by atoms with E-state index in [1.807, 2.05) is 0 Å². The first kappa shape index (κ1) is 33.6. The summed E-state index contributed by atoms with van der Waals surface area (Å²) >= 11 is 0. The van der Waals surface area contributed by atoms with E-state index in [9.17, 15) is 9.59 Å². The molecule has 0 aromatic rings. The van der Waals surface area contributed by atoms with Crippen molar-refractivity contribution in [1.82, 2.24) is 5.32 Å². The monoisotopic (exact) mass is 446 g/mol. The summed E-state index contributed by atoms with van der Waals surface area (Å²) in [5.41, 5.74) is 20.4. The van der Waals surface area contributed by atoms with E-state index in [1.165, 1.54) is 6.42 Å². The SMILES string of the molecule is CC(C)CCCC(N)C(=O)O.CC(C)CCCN=C(N)N.CC(C)CCCNC(N)=O. The number of nitrogens with one attached hydrogen (secondary N) is 1. The molecule has 0 spiro atoms. The molecule has 0 aromatic carbocycles. The molecule has 31 heavy (non-hydrogen) atoms. The van der Waals surface area contributed by atoms with Crippen molar-refractivity contribution in [2.45, 2.75) is 92.5 Å². The fraction of sp³-hybridized carbons (Fsp3) is 0.864. The van der Waals surface area contributed by atoms with Crippen molar-refractivity contribution < 1.29 is 14.7 Å². The maximum Gasteiger partial charge on any atom is 0.320 e. The Morgan fingerprint density at radius 2 is 1.26 bits per heavy atom. The third-order valence-electron chi connectivity index (χ3n) is 4.11. The van der Waals surface area contributed by atoms with E-state index in [0.717, 1.165) is 44.6 Å². The molecule has 9 heteroatoms. The number of hydrogen-bond donors (Lipinski definition) is 6. The second-order valence-electron chi connectivity index (χ2n) is 8.94. The Balaban J connectivity index is -0.000000380. The van der Waals surface area contributed by atoms with Gasteiger partial charge in [-0.05, 0) is 49.9 Å². The number of guanidine groups is 1. The number of carboxylic acids is 1. The van der Waals surface area contributed by atoms with Crippen LogP contribution in [0.2, 0.25) is 0 Å². The number of nitrogens with two attached hydrogens (primary N) is 4. The minimum absolute atomic E-state index is 0.198. The van der Waals surface area contributed by atoms with Gasteiger partial charge in [-0.15, -0.1) is 0 Å². The number of nitrogens with zero attached hydrogens (tertiary/aromatic N) is 1. The van der Waals surface area contributed by atoms with E-state index in [4.69, 9.17) is 28.0 Å². The summed E-state index contributed by atoms with van der Waals surface area (Å²) in [4.78, 5) is 24.3. The van der Waals surface area contributed by atoms with E-state index in [-0.39, 0.29) is 5.96 Å². The van der Waals surface area contributed by atoms with Gasteiger partial charge in [-0.1, -0.05) is 54.4 Å². The Hall–Kier alpha value is -2.03. The van der Waals surface area contributed by atoms with E-state index in [0.29, 0.717) is 24.8 Å². The lowest BCUT2D eigenvalue weighted by Crippen LogP contribution is -2.30. The fourth-order valence-electron chi connectivity index (χ4n) is 2.30. The first-order valence-electron chi connectivity index (χ1n) is 11.4. The van der Waals surface area contributed by atoms with Crippen LogP contribution in [-0.2, 0) is 4.79 Å². The number of hydrogen-bond acceptors (Lipinski definition) is 4. The molecule has 0 bridgehead atoms. The second kappa shape index (κ2) is 22.7. The average Bonchev–Trinajstić information content (AvgIpc) is 2.62. The van der Waals surface area contributed by atoms with Crippen molar-refractivity contribution in [3.63, 3.8) is 0 Å². The van der Waals surface area contributed by atoms with Crippen LogP contribution in [0.4, 0.5) is 4.79 Å². The van der Waals surface area contributed by atoms with Crippen molar-refractivity contribution in [3.05, 3.63) is 0 Å². The third-order valence-corrected chi connectivity index (χ3v) is 4.11. The number of aliphatic carboxylic acids is 1. The zero-order chi connectivity index (χ0) is 24.8. The van der Waals surface area contributed by atoms with E-state index in [1.54, 1.807) is 0 Å². The Bertz CT molecular complexity index is 464. The van der Waals surface area contributed by atoms with Crippen molar-refractivity contribution in [3.8, 4) is 0 Å². The number of carbonyl (C=O) groups excluding carboxylic acids is 1. The van der Waals surface area contributed by atoms with Crippen molar-refractivity contribution in [1.29, 1.82) is 0 Å². The van der Waals surface area contributed by atoms with Gasteiger partial charge in [-0.25, -0.2) is 4.79 Å². The molecular weight excluding hydrogens is 396 g/mol. The molecule has 0 aliphatic rings. The summed E-state index contributed by atoms with van der Waals surface area (Å²) in [5, 5.41) is 11.0. The van der Waals surface area contributed by atoms with Crippen LogP contribution < -0.4 is 28.3 Å². The molecule has 0 radical (unpaired) electrons. The number of rotatable bonds is 13. The number of aliphatic imine (C=N–C) groups is 1. The molecule has 1 unspecified atom stereocenters. The van der Waals surface area contributed by atoms with Gasteiger partial charge < -0.3 is 33.4 Å².